The minimum Gasteiger partial charge on any atom is -0.544 e. The Balaban J connectivity index is 3.42. The first-order valence-electron chi connectivity index (χ1n) is 3.01. The van der Waals surface area contributed by atoms with Gasteiger partial charge in [-0.3, -0.25) is 0 Å². The van der Waals surface area contributed by atoms with E-state index in [0.29, 0.717) is 3.57 Å². The van der Waals surface area contributed by atoms with E-state index in [2.05, 4.69) is 4.98 Å². The molecule has 0 saturated heterocycles. The highest BCUT2D eigenvalue weighted by Gasteiger charge is 2.16. The summed E-state index contributed by atoms with van der Waals surface area (Å²) < 4.78 is 0.489. The van der Waals surface area contributed by atoms with Crippen LogP contribution in [-0.4, -0.2) is 5.97 Å². The Labute approximate surface area is 82.0 Å². The van der Waals surface area contributed by atoms with Crippen LogP contribution in [0.15, 0.2) is 18.2 Å². The Morgan fingerprint density at radius 2 is 2.25 bits per heavy atom. The molecule has 1 aromatic carbocycles. The fourth-order valence-electron chi connectivity index (χ4n) is 0.798. The van der Waals surface area contributed by atoms with Crippen molar-refractivity contribution in [1.29, 1.82) is 5.39 Å². The quantitative estimate of drug-likeness (QED) is 0.569. The summed E-state index contributed by atoms with van der Waals surface area (Å²) in [6, 6.07) is 4.59. The lowest BCUT2D eigenvalue weighted by Crippen LogP contribution is -2.23. The van der Waals surface area contributed by atoms with Crippen LogP contribution in [0.3, 0.4) is 0 Å². The molecule has 0 aliphatic heterocycles. The summed E-state index contributed by atoms with van der Waals surface area (Å²) in [6.07, 6.45) is 0. The average Bonchev–Trinajstić information content (AvgIpc) is 2.03. The number of carbonyl (C=O) groups excluding carboxylic acids is 1. The summed E-state index contributed by atoms with van der Waals surface area (Å²) >= 11 is 1.83. The molecule has 0 aromatic heterocycles. The van der Waals surface area contributed by atoms with Gasteiger partial charge in [-0.1, -0.05) is 6.07 Å². The average molecular weight is 274 g/mol. The highest BCUT2D eigenvalue weighted by Crippen LogP contribution is 2.23. The number of hydrogen-bond donors (Lipinski definition) is 0. The minimum atomic E-state index is -1.34. The third kappa shape index (κ3) is 1.53. The number of carboxylic acids is 1. The van der Waals surface area contributed by atoms with Gasteiger partial charge in [0.25, 0.3) is 0 Å². The summed E-state index contributed by atoms with van der Waals surface area (Å²) in [6.45, 7) is 0. The largest absolute Gasteiger partial charge is 0.544 e. The minimum absolute atomic E-state index is 0.0156. The molecule has 1 aromatic rings. The molecule has 0 saturated carbocycles. The summed E-state index contributed by atoms with van der Waals surface area (Å²) in [7, 11) is 0. The van der Waals surface area contributed by atoms with Crippen molar-refractivity contribution in [1.82, 2.24) is 0 Å². The van der Waals surface area contributed by atoms with Gasteiger partial charge in [0.05, 0.1) is 5.97 Å². The van der Waals surface area contributed by atoms with Crippen LogP contribution in [-0.2, 0) is 0 Å². The number of carboxylic acid groups (broad SMARTS) is 1. The van der Waals surface area contributed by atoms with E-state index in [4.69, 9.17) is 5.39 Å². The molecule has 0 spiro atoms. The number of aromatic carboxylic acids is 1. The standard InChI is InChI=1S/C7H3IN2O2/c8-4-2-1-3-5(10-9)6(4)7(11)12/h1-3H. The number of rotatable bonds is 1. The number of diazo groups is 1. The van der Waals surface area contributed by atoms with E-state index in [1.54, 1.807) is 12.1 Å². The molecule has 0 radical (unpaired) electrons. The van der Waals surface area contributed by atoms with Crippen LogP contribution in [0, 0.1) is 8.96 Å². The van der Waals surface area contributed by atoms with E-state index < -0.39 is 5.97 Å². The highest BCUT2D eigenvalue weighted by atomic mass is 127. The zero-order valence-electron chi connectivity index (χ0n) is 5.82. The zero-order chi connectivity index (χ0) is 9.14. The van der Waals surface area contributed by atoms with Crippen molar-refractivity contribution in [2.45, 2.75) is 0 Å². The van der Waals surface area contributed by atoms with Gasteiger partial charge in [0, 0.05) is 9.64 Å². The Bertz CT molecular complexity index is 370. The lowest BCUT2D eigenvalue weighted by Gasteiger charge is -2.00. The first kappa shape index (κ1) is 8.93. The van der Waals surface area contributed by atoms with Crippen LogP contribution in [0.1, 0.15) is 10.4 Å². The molecule has 0 heterocycles. The van der Waals surface area contributed by atoms with Gasteiger partial charge in [0.1, 0.15) is 5.56 Å². The van der Waals surface area contributed by atoms with Crippen molar-refractivity contribution in [3.63, 3.8) is 0 Å². The topological polar surface area (TPSA) is 68.3 Å². The molecule has 0 aliphatic carbocycles. The Morgan fingerprint density at radius 1 is 1.58 bits per heavy atom. The van der Waals surface area contributed by atoms with Crippen LogP contribution >= 0.6 is 22.6 Å². The van der Waals surface area contributed by atoms with Crippen molar-refractivity contribution in [2.24, 2.45) is 0 Å². The lowest BCUT2D eigenvalue weighted by molar-refractivity contribution is -0.255. The Kier molecular flexibility index (Phi) is 2.60. The molecule has 4 nitrogen and oxygen atoms in total. The van der Waals surface area contributed by atoms with Crippen LogP contribution in [0.25, 0.3) is 4.98 Å². The second-order valence-corrected chi connectivity index (χ2v) is 3.18. The maximum atomic E-state index is 10.5. The maximum Gasteiger partial charge on any atom is 0.395 e. The van der Waals surface area contributed by atoms with Gasteiger partial charge in [0.2, 0.25) is 5.39 Å². The van der Waals surface area contributed by atoms with E-state index in [0.717, 1.165) is 0 Å². The summed E-state index contributed by atoms with van der Waals surface area (Å²) in [5, 5.41) is 18.9. The number of halogens is 1. The Hall–Kier alpha value is -1.16. The number of nitrogens with zero attached hydrogens (tertiary/aromatic N) is 2. The summed E-state index contributed by atoms with van der Waals surface area (Å²) in [4.78, 5) is 13.3. The van der Waals surface area contributed by atoms with E-state index >= 15 is 0 Å². The van der Waals surface area contributed by atoms with Crippen molar-refractivity contribution >= 4 is 34.2 Å². The highest BCUT2D eigenvalue weighted by molar-refractivity contribution is 14.1. The molecule has 1 rings (SSSR count). The zero-order valence-corrected chi connectivity index (χ0v) is 7.98. The molecule has 0 unspecified atom stereocenters. The van der Waals surface area contributed by atoms with Crippen LogP contribution in [0.2, 0.25) is 0 Å². The summed E-state index contributed by atoms with van der Waals surface area (Å²) in [5.74, 6) is -1.34. The van der Waals surface area contributed by atoms with Gasteiger partial charge in [-0.05, 0) is 28.7 Å². The van der Waals surface area contributed by atoms with E-state index in [-0.39, 0.29) is 11.3 Å². The fourth-order valence-corrected chi connectivity index (χ4v) is 1.50. The molecule has 0 fully saturated rings. The first-order chi connectivity index (χ1) is 5.66. The molecule has 60 valence electrons. The molecule has 0 atom stereocenters. The predicted octanol–water partition coefficient (Wildman–Crippen LogP) is 1.14. The number of hydrogen-bond acceptors (Lipinski definition) is 3. The molecule has 12 heavy (non-hydrogen) atoms. The van der Waals surface area contributed by atoms with Gasteiger partial charge in [-0.2, -0.15) is 0 Å². The molecule has 0 amide bonds. The normalized spacial score (nSPS) is 9.00. The van der Waals surface area contributed by atoms with Gasteiger partial charge in [-0.25, -0.2) is 0 Å². The number of benzene rings is 1. The van der Waals surface area contributed by atoms with Crippen LogP contribution < -0.4 is 5.11 Å². The third-order valence-corrected chi connectivity index (χ3v) is 2.20. The molecule has 0 N–H and O–H groups in total. The molecule has 0 aliphatic rings. The third-order valence-electron chi connectivity index (χ3n) is 1.30. The summed E-state index contributed by atoms with van der Waals surface area (Å²) in [5.41, 5.74) is -0.0671. The van der Waals surface area contributed by atoms with Gasteiger partial charge < -0.3 is 9.90 Å². The second-order valence-electron chi connectivity index (χ2n) is 2.02. The maximum absolute atomic E-state index is 10.5. The monoisotopic (exact) mass is 274 g/mol. The van der Waals surface area contributed by atoms with Gasteiger partial charge in [0.15, 0.2) is 4.98 Å². The van der Waals surface area contributed by atoms with Gasteiger partial charge in [-0.15, -0.1) is 0 Å². The number of carbonyl (C=O) groups is 1. The lowest BCUT2D eigenvalue weighted by atomic mass is 10.2. The van der Waals surface area contributed by atoms with E-state index in [1.165, 1.54) is 6.07 Å². The second kappa shape index (κ2) is 3.49. The van der Waals surface area contributed by atoms with Crippen molar-refractivity contribution in [3.8, 4) is 0 Å². The fraction of sp³-hybridized carbons (Fsp3) is 0. The van der Waals surface area contributed by atoms with Crippen molar-refractivity contribution < 1.29 is 9.90 Å². The molecular formula is C7H3IN2O2. The molecule has 0 bridgehead atoms. The van der Waals surface area contributed by atoms with E-state index in [9.17, 15) is 9.90 Å². The van der Waals surface area contributed by atoms with Crippen LogP contribution in [0.5, 0.6) is 0 Å². The van der Waals surface area contributed by atoms with Crippen molar-refractivity contribution in [2.75, 3.05) is 0 Å². The van der Waals surface area contributed by atoms with Gasteiger partial charge >= 0.3 is 5.69 Å². The smallest absolute Gasteiger partial charge is 0.395 e. The van der Waals surface area contributed by atoms with E-state index in [1.807, 2.05) is 22.6 Å². The Morgan fingerprint density at radius 3 is 2.67 bits per heavy atom. The molecular weight excluding hydrogens is 271 g/mol. The SMILES string of the molecule is N#[N+]c1cccc(I)c1C(=O)[O-]. The van der Waals surface area contributed by atoms with Crippen molar-refractivity contribution in [3.05, 3.63) is 32.3 Å². The molecule has 5 heteroatoms. The predicted molar refractivity (Wildman–Crippen MR) is 48.2 cm³/mol. The first-order valence-corrected chi connectivity index (χ1v) is 4.09. The van der Waals surface area contributed by atoms with Crippen LogP contribution in [0.4, 0.5) is 5.69 Å².